The molecule has 0 aliphatic carbocycles. The van der Waals surface area contributed by atoms with Crippen LogP contribution >= 0.6 is 0 Å². The third kappa shape index (κ3) is 5.88. The number of aryl methyl sites for hydroxylation is 1. The average Bonchev–Trinajstić information content (AvgIpc) is 3.07. The monoisotopic (exact) mass is 441 g/mol. The summed E-state index contributed by atoms with van der Waals surface area (Å²) in [5.41, 5.74) is 2.13. The zero-order chi connectivity index (χ0) is 22.6. The highest BCUT2D eigenvalue weighted by Crippen LogP contribution is 2.26. The van der Waals surface area contributed by atoms with Crippen molar-refractivity contribution in [2.24, 2.45) is 0 Å². The van der Waals surface area contributed by atoms with E-state index in [1.54, 1.807) is 62.6 Å². The maximum absolute atomic E-state index is 12.6. The summed E-state index contributed by atoms with van der Waals surface area (Å²) < 4.78 is 36.0. The average molecular weight is 442 g/mol. The van der Waals surface area contributed by atoms with Crippen molar-refractivity contribution in [2.45, 2.75) is 26.0 Å². The highest BCUT2D eigenvalue weighted by molar-refractivity contribution is 7.91. The molecule has 0 radical (unpaired) electrons. The second-order valence-electron chi connectivity index (χ2n) is 7.25. The number of Topliss-reactive ketones (excluding diaryl/α,β-unsaturated/α-hetero) is 2. The van der Waals surface area contributed by atoms with Gasteiger partial charge in [-0.15, -0.1) is 0 Å². The van der Waals surface area contributed by atoms with E-state index in [1.807, 2.05) is 0 Å². The normalized spacial score (nSPS) is 11.3. The zero-order valence-corrected chi connectivity index (χ0v) is 18.4. The summed E-state index contributed by atoms with van der Waals surface area (Å²) in [7, 11) is -2.18. The van der Waals surface area contributed by atoms with E-state index in [9.17, 15) is 18.0 Å². The maximum Gasteiger partial charge on any atom is 0.226 e. The zero-order valence-electron chi connectivity index (χ0n) is 17.5. The van der Waals surface area contributed by atoms with Crippen molar-refractivity contribution < 1.29 is 27.2 Å². The van der Waals surface area contributed by atoms with Crippen LogP contribution in [0.3, 0.4) is 0 Å². The van der Waals surface area contributed by atoms with Gasteiger partial charge in [0.15, 0.2) is 21.4 Å². The molecule has 0 bridgehead atoms. The quantitative estimate of drug-likeness (QED) is 0.468. The summed E-state index contributed by atoms with van der Waals surface area (Å²) >= 11 is 0. The highest BCUT2D eigenvalue weighted by Gasteiger charge is 2.22. The molecule has 1 aromatic heterocycles. The second-order valence-corrected chi connectivity index (χ2v) is 9.32. The largest absolute Gasteiger partial charge is 0.497 e. The molecule has 1 heterocycles. The van der Waals surface area contributed by atoms with Crippen molar-refractivity contribution in [3.05, 3.63) is 71.1 Å². The third-order valence-electron chi connectivity index (χ3n) is 4.71. The number of carbonyl (C=O) groups excluding carboxylic acids is 2. The topological polar surface area (TPSA) is 104 Å². The number of ketones is 2. The van der Waals surface area contributed by atoms with Gasteiger partial charge in [-0.1, -0.05) is 30.3 Å². The number of ether oxygens (including phenoxy) is 1. The Kier molecular flexibility index (Phi) is 6.70. The molecule has 3 rings (SSSR count). The van der Waals surface area contributed by atoms with Gasteiger partial charge in [-0.25, -0.2) is 13.4 Å². The molecule has 162 valence electrons. The van der Waals surface area contributed by atoms with Crippen LogP contribution in [0.4, 0.5) is 0 Å². The minimum absolute atomic E-state index is 0.0235. The standard InChI is InChI=1S/C23H23NO6S/c1-15(25)18-9-7-17(8-10-18)11-20(26)13-31(27,28)14-22-16(2)30-23(24-22)19-5-4-6-21(12-19)29-3/h4-10,12H,11,13-14H2,1-3H3. The van der Waals surface area contributed by atoms with Crippen LogP contribution in [-0.4, -0.2) is 37.8 Å². The molecule has 3 aromatic rings. The first-order valence-electron chi connectivity index (χ1n) is 9.59. The van der Waals surface area contributed by atoms with Crippen LogP contribution in [0, 0.1) is 6.92 Å². The number of methoxy groups -OCH3 is 1. The SMILES string of the molecule is COc1cccc(-c2nc(CS(=O)(=O)CC(=O)Cc3ccc(C(C)=O)cc3)c(C)o2)c1. The van der Waals surface area contributed by atoms with Crippen molar-refractivity contribution in [3.8, 4) is 17.2 Å². The Hall–Kier alpha value is -3.26. The van der Waals surface area contributed by atoms with Gasteiger partial charge in [-0.3, -0.25) is 9.59 Å². The van der Waals surface area contributed by atoms with Crippen molar-refractivity contribution >= 4 is 21.4 Å². The summed E-state index contributed by atoms with van der Waals surface area (Å²) in [6.07, 6.45) is -0.0235. The van der Waals surface area contributed by atoms with E-state index in [0.29, 0.717) is 34.1 Å². The predicted octanol–water partition coefficient (Wildman–Crippen LogP) is 3.59. The van der Waals surface area contributed by atoms with Gasteiger partial charge in [-0.2, -0.15) is 0 Å². The van der Waals surface area contributed by atoms with E-state index in [1.165, 1.54) is 6.92 Å². The van der Waals surface area contributed by atoms with Crippen LogP contribution in [0.2, 0.25) is 0 Å². The molecule has 31 heavy (non-hydrogen) atoms. The number of carbonyl (C=O) groups is 2. The number of rotatable bonds is 9. The summed E-state index contributed by atoms with van der Waals surface area (Å²) in [5, 5.41) is 0. The molecule has 0 saturated carbocycles. The number of oxazole rings is 1. The molecule has 0 aliphatic heterocycles. The van der Waals surface area contributed by atoms with Gasteiger partial charge in [0.05, 0.1) is 18.6 Å². The van der Waals surface area contributed by atoms with Crippen LogP contribution in [0.15, 0.2) is 52.9 Å². The first-order valence-corrected chi connectivity index (χ1v) is 11.4. The number of benzene rings is 2. The van der Waals surface area contributed by atoms with Gasteiger partial charge >= 0.3 is 0 Å². The lowest BCUT2D eigenvalue weighted by molar-refractivity contribution is -0.116. The van der Waals surface area contributed by atoms with E-state index in [-0.39, 0.29) is 23.7 Å². The molecule has 2 aromatic carbocycles. The fourth-order valence-corrected chi connectivity index (χ4v) is 4.46. The summed E-state index contributed by atoms with van der Waals surface area (Å²) in [6, 6.07) is 13.6. The molecule has 0 spiro atoms. The smallest absolute Gasteiger partial charge is 0.226 e. The predicted molar refractivity (Wildman–Crippen MR) is 116 cm³/mol. The van der Waals surface area contributed by atoms with E-state index in [4.69, 9.17) is 9.15 Å². The van der Waals surface area contributed by atoms with Crippen molar-refractivity contribution in [2.75, 3.05) is 12.9 Å². The first kappa shape index (κ1) is 22.4. The lowest BCUT2D eigenvalue weighted by atomic mass is 10.1. The van der Waals surface area contributed by atoms with Gasteiger partial charge < -0.3 is 9.15 Å². The Morgan fingerprint density at radius 2 is 1.81 bits per heavy atom. The molecular formula is C23H23NO6S. The molecule has 8 heteroatoms. The molecular weight excluding hydrogens is 418 g/mol. The third-order valence-corrected chi connectivity index (χ3v) is 6.18. The van der Waals surface area contributed by atoms with Gasteiger partial charge in [-0.05, 0) is 37.6 Å². The minimum atomic E-state index is -3.73. The second kappa shape index (κ2) is 9.26. The summed E-state index contributed by atoms with van der Waals surface area (Å²) in [5.74, 6) is -0.179. The highest BCUT2D eigenvalue weighted by atomic mass is 32.2. The molecule has 0 aliphatic rings. The van der Waals surface area contributed by atoms with Crippen LogP contribution < -0.4 is 4.74 Å². The first-order chi connectivity index (χ1) is 14.7. The summed E-state index contributed by atoms with van der Waals surface area (Å²) in [4.78, 5) is 28.0. The van der Waals surface area contributed by atoms with Crippen molar-refractivity contribution in [3.63, 3.8) is 0 Å². The number of nitrogens with zero attached hydrogens (tertiary/aromatic N) is 1. The van der Waals surface area contributed by atoms with Crippen LogP contribution in [-0.2, 0) is 26.8 Å². The van der Waals surface area contributed by atoms with E-state index in [0.717, 1.165) is 0 Å². The summed E-state index contributed by atoms with van der Waals surface area (Å²) in [6.45, 7) is 3.10. The Labute approximate surface area is 181 Å². The van der Waals surface area contributed by atoms with Crippen molar-refractivity contribution in [1.82, 2.24) is 4.98 Å². The Morgan fingerprint density at radius 1 is 1.10 bits per heavy atom. The Balaban J connectivity index is 1.68. The Bertz CT molecular complexity index is 1210. The number of sulfone groups is 1. The molecule has 0 N–H and O–H groups in total. The Morgan fingerprint density at radius 3 is 2.45 bits per heavy atom. The van der Waals surface area contributed by atoms with Crippen LogP contribution in [0.1, 0.15) is 34.3 Å². The fourth-order valence-electron chi connectivity index (χ4n) is 3.08. The van der Waals surface area contributed by atoms with E-state index >= 15 is 0 Å². The van der Waals surface area contributed by atoms with Crippen LogP contribution in [0.5, 0.6) is 5.75 Å². The molecule has 0 atom stereocenters. The van der Waals surface area contributed by atoms with E-state index in [2.05, 4.69) is 4.98 Å². The minimum Gasteiger partial charge on any atom is -0.497 e. The van der Waals surface area contributed by atoms with Gasteiger partial charge in [0.1, 0.15) is 17.3 Å². The fraction of sp³-hybridized carbons (Fsp3) is 0.261. The van der Waals surface area contributed by atoms with Crippen molar-refractivity contribution in [1.29, 1.82) is 0 Å². The van der Waals surface area contributed by atoms with Crippen LogP contribution in [0.25, 0.3) is 11.5 Å². The molecule has 7 nitrogen and oxygen atoms in total. The number of aromatic nitrogens is 1. The maximum atomic E-state index is 12.6. The van der Waals surface area contributed by atoms with Gasteiger partial charge in [0.25, 0.3) is 0 Å². The number of hydrogen-bond donors (Lipinski definition) is 0. The molecule has 0 saturated heterocycles. The van der Waals surface area contributed by atoms with E-state index < -0.39 is 21.4 Å². The van der Waals surface area contributed by atoms with Gasteiger partial charge in [0.2, 0.25) is 5.89 Å². The number of hydrogen-bond acceptors (Lipinski definition) is 7. The lowest BCUT2D eigenvalue weighted by Crippen LogP contribution is -2.20. The molecule has 0 amide bonds. The lowest BCUT2D eigenvalue weighted by Gasteiger charge is -2.04. The van der Waals surface area contributed by atoms with Gasteiger partial charge in [0, 0.05) is 17.5 Å². The molecule has 0 unspecified atom stereocenters. The molecule has 0 fully saturated rings.